The maximum atomic E-state index is 11.3. The van der Waals surface area contributed by atoms with Crippen molar-refractivity contribution in [2.45, 2.75) is 57.5 Å². The van der Waals surface area contributed by atoms with Gasteiger partial charge in [0.2, 0.25) is 0 Å². The molecule has 0 amide bonds. The third-order valence-electron chi connectivity index (χ3n) is 4.00. The van der Waals surface area contributed by atoms with Crippen LogP contribution in [0.15, 0.2) is 24.3 Å². The van der Waals surface area contributed by atoms with Crippen LogP contribution >= 0.6 is 23.0 Å². The van der Waals surface area contributed by atoms with Crippen molar-refractivity contribution in [3.63, 3.8) is 0 Å². The molecule has 0 radical (unpaired) electrons. The van der Waals surface area contributed by atoms with Crippen LogP contribution in [0.5, 0.6) is 5.75 Å². The predicted molar refractivity (Wildman–Crippen MR) is 98.0 cm³/mol. The van der Waals surface area contributed by atoms with Crippen molar-refractivity contribution < 1.29 is 17.3 Å². The van der Waals surface area contributed by atoms with Crippen molar-refractivity contribution in [3.05, 3.63) is 29.8 Å². The first-order chi connectivity index (χ1) is 11.3. The van der Waals surface area contributed by atoms with Crippen molar-refractivity contribution in [2.75, 3.05) is 13.2 Å². The molecular weight excluding hydrogens is 407 g/mol. The van der Waals surface area contributed by atoms with E-state index in [2.05, 4.69) is 3.07 Å². The molecule has 0 bridgehead atoms. The summed E-state index contributed by atoms with van der Waals surface area (Å²) < 4.78 is 15.5. The summed E-state index contributed by atoms with van der Waals surface area (Å²) in [6.07, 6.45) is 10.7. The summed E-state index contributed by atoms with van der Waals surface area (Å²) in [6, 6.07) is 7.07. The van der Waals surface area contributed by atoms with Crippen LogP contribution in [0.2, 0.25) is 0 Å². The Kier molecular flexibility index (Phi) is 8.74. The van der Waals surface area contributed by atoms with Crippen LogP contribution in [0, 0.1) is 0 Å². The Labute approximate surface area is 152 Å². The molecule has 4 nitrogen and oxygen atoms in total. The standard InChI is InChI=1S/C18H25IO4/c19-23-18(20)15-9-11-16(12-10-15)21-13-7-5-3-1-2-4-6-8-17-14-22-17/h9-12,17H,1-8,13-14H2. The number of carbonyl (C=O) groups excluding carboxylic acids is 1. The number of carbonyl (C=O) groups is 1. The second kappa shape index (κ2) is 10.9. The predicted octanol–water partition coefficient (Wildman–Crippen LogP) is 5.09. The molecule has 0 N–H and O–H groups in total. The maximum Gasteiger partial charge on any atom is 0.347 e. The summed E-state index contributed by atoms with van der Waals surface area (Å²) in [5.74, 6) is 0.471. The average Bonchev–Trinajstić information content (AvgIpc) is 3.40. The molecule has 128 valence electrons. The van der Waals surface area contributed by atoms with E-state index in [1.807, 2.05) is 12.1 Å². The van der Waals surface area contributed by atoms with E-state index in [0.29, 0.717) is 11.7 Å². The summed E-state index contributed by atoms with van der Waals surface area (Å²) >= 11 is 1.59. The summed E-state index contributed by atoms with van der Waals surface area (Å²) in [5, 5.41) is 0. The fraction of sp³-hybridized carbons (Fsp3) is 0.611. The van der Waals surface area contributed by atoms with Gasteiger partial charge in [-0.1, -0.05) is 38.5 Å². The lowest BCUT2D eigenvalue weighted by Crippen LogP contribution is -2.00. The highest BCUT2D eigenvalue weighted by Crippen LogP contribution is 2.18. The van der Waals surface area contributed by atoms with Crippen molar-refractivity contribution in [3.8, 4) is 5.75 Å². The number of unbranched alkanes of at least 4 members (excludes halogenated alkanes) is 6. The lowest BCUT2D eigenvalue weighted by Gasteiger charge is -2.06. The highest BCUT2D eigenvalue weighted by atomic mass is 127. The van der Waals surface area contributed by atoms with Crippen molar-refractivity contribution in [2.24, 2.45) is 0 Å². The van der Waals surface area contributed by atoms with Gasteiger partial charge in [-0.2, -0.15) is 0 Å². The first-order valence-electron chi connectivity index (χ1n) is 8.47. The molecule has 1 fully saturated rings. The van der Waals surface area contributed by atoms with Crippen LogP contribution in [0.1, 0.15) is 61.7 Å². The van der Waals surface area contributed by atoms with E-state index in [4.69, 9.17) is 9.47 Å². The van der Waals surface area contributed by atoms with E-state index in [-0.39, 0.29) is 5.97 Å². The van der Waals surface area contributed by atoms with E-state index in [0.717, 1.165) is 25.4 Å². The van der Waals surface area contributed by atoms with Gasteiger partial charge in [-0.3, -0.25) is 0 Å². The van der Waals surface area contributed by atoms with Gasteiger partial charge in [0.1, 0.15) is 5.75 Å². The van der Waals surface area contributed by atoms with Gasteiger partial charge in [0.15, 0.2) is 23.0 Å². The van der Waals surface area contributed by atoms with E-state index < -0.39 is 0 Å². The quantitative estimate of drug-likeness (QED) is 0.262. The zero-order valence-electron chi connectivity index (χ0n) is 13.5. The van der Waals surface area contributed by atoms with Gasteiger partial charge in [-0.05, 0) is 37.1 Å². The van der Waals surface area contributed by atoms with Gasteiger partial charge in [0.25, 0.3) is 0 Å². The first-order valence-corrected chi connectivity index (χ1v) is 9.35. The van der Waals surface area contributed by atoms with Gasteiger partial charge in [-0.25, -0.2) is 4.79 Å². The van der Waals surface area contributed by atoms with Gasteiger partial charge < -0.3 is 12.5 Å². The Morgan fingerprint density at radius 2 is 1.65 bits per heavy atom. The van der Waals surface area contributed by atoms with E-state index in [9.17, 15) is 4.79 Å². The number of ether oxygens (including phenoxy) is 2. The third-order valence-corrected chi connectivity index (χ3v) is 4.40. The zero-order valence-corrected chi connectivity index (χ0v) is 15.6. The molecule has 23 heavy (non-hydrogen) atoms. The summed E-state index contributed by atoms with van der Waals surface area (Å²) in [5.41, 5.74) is 0.542. The largest absolute Gasteiger partial charge is 0.494 e. The molecule has 0 spiro atoms. The van der Waals surface area contributed by atoms with Crippen LogP contribution in [-0.4, -0.2) is 25.3 Å². The van der Waals surface area contributed by atoms with Crippen LogP contribution < -0.4 is 4.74 Å². The molecule has 1 aliphatic rings. The minimum atomic E-state index is -0.332. The average molecular weight is 432 g/mol. The number of rotatable bonds is 12. The van der Waals surface area contributed by atoms with Crippen LogP contribution in [-0.2, 0) is 7.80 Å². The van der Waals surface area contributed by atoms with Gasteiger partial charge in [0, 0.05) is 0 Å². The monoisotopic (exact) mass is 432 g/mol. The molecule has 0 saturated carbocycles. The molecule has 1 heterocycles. The fourth-order valence-electron chi connectivity index (χ4n) is 2.51. The molecule has 1 saturated heterocycles. The summed E-state index contributed by atoms with van der Waals surface area (Å²) in [6.45, 7) is 1.72. The van der Waals surface area contributed by atoms with Gasteiger partial charge >= 0.3 is 5.97 Å². The van der Waals surface area contributed by atoms with Crippen LogP contribution in [0.3, 0.4) is 0 Å². The van der Waals surface area contributed by atoms with E-state index >= 15 is 0 Å². The first kappa shape index (κ1) is 18.5. The molecule has 1 aromatic rings. The minimum absolute atomic E-state index is 0.332. The van der Waals surface area contributed by atoms with Crippen molar-refractivity contribution >= 4 is 29.0 Å². The maximum absolute atomic E-state index is 11.3. The Hall–Kier alpha value is -0.820. The lowest BCUT2D eigenvalue weighted by atomic mass is 10.1. The number of halogens is 1. The smallest absolute Gasteiger partial charge is 0.347 e. The van der Waals surface area contributed by atoms with Gasteiger partial charge in [-0.15, -0.1) is 0 Å². The normalized spacial score (nSPS) is 16.1. The van der Waals surface area contributed by atoms with Crippen molar-refractivity contribution in [1.29, 1.82) is 0 Å². The zero-order chi connectivity index (χ0) is 16.3. The van der Waals surface area contributed by atoms with E-state index in [1.165, 1.54) is 44.9 Å². The topological polar surface area (TPSA) is 48.1 Å². The molecule has 1 aliphatic heterocycles. The van der Waals surface area contributed by atoms with Crippen LogP contribution in [0.4, 0.5) is 0 Å². The molecule has 1 aromatic carbocycles. The third kappa shape index (κ3) is 8.01. The number of benzene rings is 1. The Bertz CT molecular complexity index is 457. The second-order valence-electron chi connectivity index (χ2n) is 5.96. The molecule has 0 aromatic heterocycles. The van der Waals surface area contributed by atoms with E-state index in [1.54, 1.807) is 35.1 Å². The number of hydrogen-bond acceptors (Lipinski definition) is 4. The Morgan fingerprint density at radius 3 is 2.26 bits per heavy atom. The molecule has 5 heteroatoms. The second-order valence-corrected chi connectivity index (χ2v) is 6.40. The molecule has 1 unspecified atom stereocenters. The Balaban J connectivity index is 1.43. The molecule has 0 aliphatic carbocycles. The Morgan fingerprint density at radius 1 is 1.04 bits per heavy atom. The lowest BCUT2D eigenvalue weighted by molar-refractivity contribution is 0.0800. The SMILES string of the molecule is O=C(OI)c1ccc(OCCCCCCCCCC2CO2)cc1. The molecule has 1 atom stereocenters. The highest BCUT2D eigenvalue weighted by Gasteiger charge is 2.20. The van der Waals surface area contributed by atoms with Gasteiger partial charge in [0.05, 0.1) is 24.9 Å². The fourth-order valence-corrected chi connectivity index (χ4v) is 2.77. The van der Waals surface area contributed by atoms with Crippen molar-refractivity contribution in [1.82, 2.24) is 0 Å². The number of epoxide rings is 1. The minimum Gasteiger partial charge on any atom is -0.494 e. The molecule has 2 rings (SSSR count). The summed E-state index contributed by atoms with van der Waals surface area (Å²) in [4.78, 5) is 11.3. The number of hydrogen-bond donors (Lipinski definition) is 0. The highest BCUT2D eigenvalue weighted by molar-refractivity contribution is 14.1. The van der Waals surface area contributed by atoms with Crippen LogP contribution in [0.25, 0.3) is 0 Å². The summed E-state index contributed by atoms with van der Waals surface area (Å²) in [7, 11) is 0. The molecular formula is C18H25IO4.